The van der Waals surface area contributed by atoms with E-state index < -0.39 is 0 Å². The summed E-state index contributed by atoms with van der Waals surface area (Å²) in [6.45, 7) is 4.28. The predicted octanol–water partition coefficient (Wildman–Crippen LogP) is 1.85. The molecule has 1 N–H and O–H groups in total. The third-order valence-electron chi connectivity index (χ3n) is 2.30. The molecule has 0 aliphatic heterocycles. The molecule has 1 aromatic carbocycles. The van der Waals surface area contributed by atoms with Crippen LogP contribution in [0.4, 0.5) is 0 Å². The van der Waals surface area contributed by atoms with Crippen LogP contribution in [0.2, 0.25) is 0 Å². The van der Waals surface area contributed by atoms with Crippen LogP contribution in [0.1, 0.15) is 16.7 Å². The van der Waals surface area contributed by atoms with Crippen LogP contribution in [-0.2, 0) is 6.42 Å². The summed E-state index contributed by atoms with van der Waals surface area (Å²) in [5, 5.41) is 8.80. The molecule has 0 saturated heterocycles. The minimum atomic E-state index is 0.186. The summed E-state index contributed by atoms with van der Waals surface area (Å²) in [7, 11) is 1.67. The van der Waals surface area contributed by atoms with Gasteiger partial charge in [-0.1, -0.05) is 6.07 Å². The maximum Gasteiger partial charge on any atom is 0.122 e. The van der Waals surface area contributed by atoms with Crippen LogP contribution >= 0.6 is 0 Å². The topological polar surface area (TPSA) is 29.5 Å². The molecule has 0 saturated carbocycles. The first kappa shape index (κ1) is 10.1. The quantitative estimate of drug-likeness (QED) is 0.769. The van der Waals surface area contributed by atoms with Crippen molar-refractivity contribution in [1.82, 2.24) is 0 Å². The molecule has 13 heavy (non-hydrogen) atoms. The molecule has 2 nitrogen and oxygen atoms in total. The molecule has 0 heterocycles. The van der Waals surface area contributed by atoms with Gasteiger partial charge in [-0.3, -0.25) is 0 Å². The van der Waals surface area contributed by atoms with Crippen molar-refractivity contribution in [3.8, 4) is 5.75 Å². The van der Waals surface area contributed by atoms with Crippen LogP contribution in [0.15, 0.2) is 12.1 Å². The number of rotatable bonds is 3. The van der Waals surface area contributed by atoms with Gasteiger partial charge in [0.15, 0.2) is 0 Å². The van der Waals surface area contributed by atoms with Crippen LogP contribution in [0.25, 0.3) is 0 Å². The highest BCUT2D eigenvalue weighted by atomic mass is 16.5. The SMILES string of the molecule is COc1cc(CCO)cc(C)c1C. The Labute approximate surface area is 79.2 Å². The molecule has 0 atom stereocenters. The number of aliphatic hydroxyl groups excluding tert-OH is 1. The van der Waals surface area contributed by atoms with Crippen molar-refractivity contribution in [3.63, 3.8) is 0 Å². The molecule has 0 bridgehead atoms. The second kappa shape index (κ2) is 4.28. The minimum absolute atomic E-state index is 0.186. The Morgan fingerprint density at radius 1 is 1.31 bits per heavy atom. The lowest BCUT2D eigenvalue weighted by molar-refractivity contribution is 0.299. The van der Waals surface area contributed by atoms with Gasteiger partial charge in [0.2, 0.25) is 0 Å². The molecule has 72 valence electrons. The van der Waals surface area contributed by atoms with Gasteiger partial charge >= 0.3 is 0 Å². The molecule has 0 spiro atoms. The zero-order valence-corrected chi connectivity index (χ0v) is 8.42. The summed E-state index contributed by atoms with van der Waals surface area (Å²) in [4.78, 5) is 0. The van der Waals surface area contributed by atoms with Gasteiger partial charge in [-0.15, -0.1) is 0 Å². The summed E-state index contributed by atoms with van der Waals surface area (Å²) < 4.78 is 5.23. The first-order valence-electron chi connectivity index (χ1n) is 4.44. The Kier molecular flexibility index (Phi) is 3.32. The van der Waals surface area contributed by atoms with E-state index in [0.29, 0.717) is 6.42 Å². The van der Waals surface area contributed by atoms with E-state index in [1.54, 1.807) is 7.11 Å². The maximum absolute atomic E-state index is 8.80. The predicted molar refractivity (Wildman–Crippen MR) is 53.3 cm³/mol. The van der Waals surface area contributed by atoms with E-state index in [2.05, 4.69) is 13.0 Å². The molecule has 1 aromatic rings. The van der Waals surface area contributed by atoms with Gasteiger partial charge < -0.3 is 9.84 Å². The summed E-state index contributed by atoms with van der Waals surface area (Å²) >= 11 is 0. The molecule has 0 unspecified atom stereocenters. The standard InChI is InChI=1S/C11H16O2/c1-8-6-10(4-5-12)7-11(13-3)9(8)2/h6-7,12H,4-5H2,1-3H3. The third kappa shape index (κ3) is 2.22. The third-order valence-corrected chi connectivity index (χ3v) is 2.30. The van der Waals surface area contributed by atoms with Crippen molar-refractivity contribution in [2.24, 2.45) is 0 Å². The summed E-state index contributed by atoms with van der Waals surface area (Å²) in [6, 6.07) is 4.08. The number of aryl methyl sites for hydroxylation is 1. The lowest BCUT2D eigenvalue weighted by atomic mass is 10.0. The smallest absolute Gasteiger partial charge is 0.122 e. The van der Waals surface area contributed by atoms with Gasteiger partial charge in [-0.2, -0.15) is 0 Å². The number of ether oxygens (including phenoxy) is 1. The zero-order valence-electron chi connectivity index (χ0n) is 8.42. The van der Waals surface area contributed by atoms with Gasteiger partial charge in [0.1, 0.15) is 5.75 Å². The molecular weight excluding hydrogens is 164 g/mol. The highest BCUT2D eigenvalue weighted by molar-refractivity contribution is 5.42. The van der Waals surface area contributed by atoms with Crippen LogP contribution in [0, 0.1) is 13.8 Å². The normalized spacial score (nSPS) is 10.2. The van der Waals surface area contributed by atoms with Crippen LogP contribution in [-0.4, -0.2) is 18.8 Å². The molecule has 0 fully saturated rings. The van der Waals surface area contributed by atoms with Crippen molar-refractivity contribution in [1.29, 1.82) is 0 Å². The summed E-state index contributed by atoms with van der Waals surface area (Å²) in [5.41, 5.74) is 3.51. The van der Waals surface area contributed by atoms with Crippen molar-refractivity contribution in [2.75, 3.05) is 13.7 Å². The summed E-state index contributed by atoms with van der Waals surface area (Å²) in [5.74, 6) is 0.906. The fraction of sp³-hybridized carbons (Fsp3) is 0.455. The molecule has 0 aliphatic rings. The lowest BCUT2D eigenvalue weighted by Crippen LogP contribution is -1.96. The van der Waals surface area contributed by atoms with Gasteiger partial charge in [-0.05, 0) is 43.0 Å². The highest BCUT2D eigenvalue weighted by Crippen LogP contribution is 2.23. The molecule has 0 aromatic heterocycles. The molecule has 0 aliphatic carbocycles. The number of hydrogen-bond donors (Lipinski definition) is 1. The van der Waals surface area contributed by atoms with E-state index in [0.717, 1.165) is 11.3 Å². The minimum Gasteiger partial charge on any atom is -0.496 e. The fourth-order valence-corrected chi connectivity index (χ4v) is 1.38. The molecule has 0 radical (unpaired) electrons. The molecule has 2 heteroatoms. The lowest BCUT2D eigenvalue weighted by Gasteiger charge is -2.10. The monoisotopic (exact) mass is 180 g/mol. The Balaban J connectivity index is 3.06. The van der Waals surface area contributed by atoms with Crippen LogP contribution < -0.4 is 4.74 Å². The van der Waals surface area contributed by atoms with Gasteiger partial charge in [0, 0.05) is 6.61 Å². The van der Waals surface area contributed by atoms with E-state index in [4.69, 9.17) is 9.84 Å². The average molecular weight is 180 g/mol. The highest BCUT2D eigenvalue weighted by Gasteiger charge is 2.03. The Hall–Kier alpha value is -1.02. The largest absolute Gasteiger partial charge is 0.496 e. The van der Waals surface area contributed by atoms with Crippen molar-refractivity contribution in [2.45, 2.75) is 20.3 Å². The second-order valence-corrected chi connectivity index (χ2v) is 3.21. The average Bonchev–Trinajstić information content (AvgIpc) is 2.11. The number of benzene rings is 1. The van der Waals surface area contributed by atoms with Crippen molar-refractivity contribution >= 4 is 0 Å². The first-order valence-corrected chi connectivity index (χ1v) is 4.44. The summed E-state index contributed by atoms with van der Waals surface area (Å²) in [6.07, 6.45) is 0.692. The Bertz CT molecular complexity index is 292. The maximum atomic E-state index is 8.80. The van der Waals surface area contributed by atoms with E-state index in [9.17, 15) is 0 Å². The Morgan fingerprint density at radius 3 is 2.54 bits per heavy atom. The van der Waals surface area contributed by atoms with Crippen molar-refractivity contribution < 1.29 is 9.84 Å². The van der Waals surface area contributed by atoms with E-state index in [1.165, 1.54) is 11.1 Å². The van der Waals surface area contributed by atoms with Gasteiger partial charge in [0.25, 0.3) is 0 Å². The first-order chi connectivity index (χ1) is 6.19. The molecule has 0 amide bonds. The number of aliphatic hydroxyl groups is 1. The molecular formula is C11H16O2. The van der Waals surface area contributed by atoms with Crippen molar-refractivity contribution in [3.05, 3.63) is 28.8 Å². The molecule has 1 rings (SSSR count). The van der Waals surface area contributed by atoms with Crippen LogP contribution in [0.5, 0.6) is 5.75 Å². The van der Waals surface area contributed by atoms with Gasteiger partial charge in [0.05, 0.1) is 7.11 Å². The van der Waals surface area contributed by atoms with Crippen LogP contribution in [0.3, 0.4) is 0 Å². The zero-order chi connectivity index (χ0) is 9.84. The van der Waals surface area contributed by atoms with E-state index in [-0.39, 0.29) is 6.61 Å². The Morgan fingerprint density at radius 2 is 2.00 bits per heavy atom. The second-order valence-electron chi connectivity index (χ2n) is 3.21. The van der Waals surface area contributed by atoms with E-state index in [1.807, 2.05) is 13.0 Å². The number of hydrogen-bond acceptors (Lipinski definition) is 2. The number of methoxy groups -OCH3 is 1. The van der Waals surface area contributed by atoms with E-state index >= 15 is 0 Å². The fourth-order valence-electron chi connectivity index (χ4n) is 1.38. The van der Waals surface area contributed by atoms with Gasteiger partial charge in [-0.25, -0.2) is 0 Å².